The molecule has 2 aromatic heterocycles. The number of nitrogens with one attached hydrogen (secondary N) is 1. The minimum absolute atomic E-state index is 0.0718. The van der Waals surface area contributed by atoms with Crippen molar-refractivity contribution in [1.29, 1.82) is 0 Å². The average molecular weight is 363 g/mol. The van der Waals surface area contributed by atoms with Crippen LogP contribution in [0.25, 0.3) is 11.5 Å². The summed E-state index contributed by atoms with van der Waals surface area (Å²) in [6.45, 7) is 3.92. The summed E-state index contributed by atoms with van der Waals surface area (Å²) in [7, 11) is 0. The fraction of sp³-hybridized carbons (Fsp3) is 0.294. The highest BCUT2D eigenvalue weighted by molar-refractivity contribution is 5.50. The maximum atomic E-state index is 13.0. The number of hydrogen-bond acceptors (Lipinski definition) is 6. The lowest BCUT2D eigenvalue weighted by Gasteiger charge is -2.26. The van der Waals surface area contributed by atoms with Gasteiger partial charge in [-0.2, -0.15) is 8.78 Å². The van der Waals surface area contributed by atoms with Crippen molar-refractivity contribution in [3.05, 3.63) is 53.9 Å². The molecule has 136 valence electrons. The lowest BCUT2D eigenvalue weighted by Crippen LogP contribution is -2.34. The van der Waals surface area contributed by atoms with Crippen LogP contribution in [0, 0.1) is 5.82 Å². The molecule has 0 fully saturated rings. The first-order valence-electron chi connectivity index (χ1n) is 7.79. The highest BCUT2D eigenvalue weighted by atomic mass is 19.3. The minimum Gasteiger partial charge on any atom is -0.415 e. The Kier molecular flexibility index (Phi) is 4.88. The molecule has 9 heteroatoms. The summed E-state index contributed by atoms with van der Waals surface area (Å²) in [5, 5.41) is 9.99. The number of anilines is 1. The zero-order chi connectivity index (χ0) is 18.7. The standard InChI is InChI=1S/C17H16F3N5O/c1-17(2,7-10-3-5-12(18)6-4-10)23-16-21-8-11(9-22-16)14-24-25-15(26-14)13(19)20/h3-6,8-9,13H,7H2,1-2H3,(H,21,22,23). The van der Waals surface area contributed by atoms with E-state index in [0.717, 1.165) is 5.56 Å². The lowest BCUT2D eigenvalue weighted by atomic mass is 9.95. The van der Waals surface area contributed by atoms with E-state index in [2.05, 4.69) is 25.5 Å². The summed E-state index contributed by atoms with van der Waals surface area (Å²) >= 11 is 0. The van der Waals surface area contributed by atoms with Crippen molar-refractivity contribution in [2.45, 2.75) is 32.2 Å². The molecule has 0 atom stereocenters. The van der Waals surface area contributed by atoms with Crippen LogP contribution >= 0.6 is 0 Å². The van der Waals surface area contributed by atoms with Crippen molar-refractivity contribution in [1.82, 2.24) is 20.2 Å². The van der Waals surface area contributed by atoms with E-state index >= 15 is 0 Å². The Morgan fingerprint density at radius 2 is 1.73 bits per heavy atom. The topological polar surface area (TPSA) is 76.7 Å². The quantitative estimate of drug-likeness (QED) is 0.712. The molecule has 0 radical (unpaired) electrons. The molecule has 26 heavy (non-hydrogen) atoms. The van der Waals surface area contributed by atoms with E-state index in [9.17, 15) is 13.2 Å². The second-order valence-electron chi connectivity index (χ2n) is 6.35. The van der Waals surface area contributed by atoms with Crippen molar-refractivity contribution >= 4 is 5.95 Å². The molecule has 0 spiro atoms. The van der Waals surface area contributed by atoms with Crippen molar-refractivity contribution in [3.63, 3.8) is 0 Å². The second kappa shape index (κ2) is 7.11. The Morgan fingerprint density at radius 1 is 1.08 bits per heavy atom. The van der Waals surface area contributed by atoms with Gasteiger partial charge in [-0.05, 0) is 38.0 Å². The Bertz CT molecular complexity index is 863. The van der Waals surface area contributed by atoms with Gasteiger partial charge >= 0.3 is 6.43 Å². The van der Waals surface area contributed by atoms with Crippen molar-refractivity contribution in [3.8, 4) is 11.5 Å². The molecule has 3 aromatic rings. The summed E-state index contributed by atoms with van der Waals surface area (Å²) in [5.74, 6) is -0.746. The van der Waals surface area contributed by atoms with Crippen molar-refractivity contribution < 1.29 is 17.6 Å². The van der Waals surface area contributed by atoms with E-state index in [1.807, 2.05) is 13.8 Å². The van der Waals surface area contributed by atoms with Crippen LogP contribution in [0.2, 0.25) is 0 Å². The molecule has 0 amide bonds. The van der Waals surface area contributed by atoms with Gasteiger partial charge in [0, 0.05) is 17.9 Å². The third-order valence-corrected chi connectivity index (χ3v) is 3.54. The van der Waals surface area contributed by atoms with E-state index in [0.29, 0.717) is 17.9 Å². The molecular weight excluding hydrogens is 347 g/mol. The van der Waals surface area contributed by atoms with Gasteiger partial charge in [0.05, 0.1) is 5.56 Å². The number of halogens is 3. The van der Waals surface area contributed by atoms with Gasteiger partial charge in [-0.25, -0.2) is 14.4 Å². The third kappa shape index (κ3) is 4.35. The van der Waals surface area contributed by atoms with Crippen LogP contribution < -0.4 is 5.32 Å². The monoisotopic (exact) mass is 363 g/mol. The maximum Gasteiger partial charge on any atom is 0.314 e. The predicted octanol–water partition coefficient (Wildman–Crippen LogP) is 4.04. The first-order valence-corrected chi connectivity index (χ1v) is 7.79. The fourth-order valence-corrected chi connectivity index (χ4v) is 2.40. The normalized spacial score (nSPS) is 11.8. The maximum absolute atomic E-state index is 13.0. The number of rotatable bonds is 6. The predicted molar refractivity (Wildman–Crippen MR) is 88.1 cm³/mol. The summed E-state index contributed by atoms with van der Waals surface area (Å²) in [4.78, 5) is 8.31. The molecule has 0 aliphatic carbocycles. The summed E-state index contributed by atoms with van der Waals surface area (Å²) < 4.78 is 42.8. The zero-order valence-corrected chi connectivity index (χ0v) is 14.1. The number of hydrogen-bond donors (Lipinski definition) is 1. The molecule has 0 saturated carbocycles. The van der Waals surface area contributed by atoms with Gasteiger partial charge in [0.15, 0.2) is 0 Å². The first kappa shape index (κ1) is 17.8. The average Bonchev–Trinajstić information content (AvgIpc) is 3.07. The van der Waals surface area contributed by atoms with Crippen LogP contribution in [0.15, 0.2) is 41.1 Å². The molecule has 0 aliphatic rings. The molecule has 1 N–H and O–H groups in total. The van der Waals surface area contributed by atoms with Gasteiger partial charge in [-0.1, -0.05) is 12.1 Å². The summed E-state index contributed by atoms with van der Waals surface area (Å²) in [6.07, 6.45) is 0.614. The summed E-state index contributed by atoms with van der Waals surface area (Å²) in [5.41, 5.74) is 0.907. The van der Waals surface area contributed by atoms with Crippen LogP contribution in [0.5, 0.6) is 0 Å². The number of alkyl halides is 2. The SMILES string of the molecule is CC(C)(Cc1ccc(F)cc1)Nc1ncc(-c2nnc(C(F)F)o2)cn1. The second-order valence-corrected chi connectivity index (χ2v) is 6.35. The smallest absolute Gasteiger partial charge is 0.314 e. The molecule has 0 aliphatic heterocycles. The Hall–Kier alpha value is -2.97. The van der Waals surface area contributed by atoms with E-state index in [4.69, 9.17) is 4.42 Å². The Labute approximate surface area is 147 Å². The molecule has 0 unspecified atom stereocenters. The van der Waals surface area contributed by atoms with Crippen LogP contribution in [0.1, 0.15) is 31.7 Å². The summed E-state index contributed by atoms with van der Waals surface area (Å²) in [6, 6.07) is 6.27. The van der Waals surface area contributed by atoms with Gasteiger partial charge in [-0.15, -0.1) is 10.2 Å². The molecule has 2 heterocycles. The Balaban J connectivity index is 1.68. The fourth-order valence-electron chi connectivity index (χ4n) is 2.40. The number of aromatic nitrogens is 4. The molecule has 0 saturated heterocycles. The largest absolute Gasteiger partial charge is 0.415 e. The van der Waals surface area contributed by atoms with Crippen molar-refractivity contribution in [2.24, 2.45) is 0 Å². The van der Waals surface area contributed by atoms with E-state index in [-0.39, 0.29) is 11.7 Å². The molecular formula is C17H16F3N5O. The minimum atomic E-state index is -2.83. The van der Waals surface area contributed by atoms with Gasteiger partial charge < -0.3 is 9.73 Å². The van der Waals surface area contributed by atoms with Gasteiger partial charge in [0.1, 0.15) is 5.82 Å². The molecule has 3 rings (SSSR count). The Morgan fingerprint density at radius 3 is 2.31 bits per heavy atom. The number of nitrogens with zero attached hydrogens (tertiary/aromatic N) is 4. The van der Waals surface area contributed by atoms with E-state index in [1.165, 1.54) is 24.5 Å². The van der Waals surface area contributed by atoms with Crippen LogP contribution in [0.4, 0.5) is 19.1 Å². The molecule has 6 nitrogen and oxygen atoms in total. The first-order chi connectivity index (χ1) is 12.3. The van der Waals surface area contributed by atoms with Gasteiger partial charge in [0.2, 0.25) is 5.95 Å². The van der Waals surface area contributed by atoms with Crippen LogP contribution in [-0.2, 0) is 6.42 Å². The highest BCUT2D eigenvalue weighted by Gasteiger charge is 2.20. The van der Waals surface area contributed by atoms with Crippen LogP contribution in [-0.4, -0.2) is 25.7 Å². The van der Waals surface area contributed by atoms with E-state index < -0.39 is 17.9 Å². The van der Waals surface area contributed by atoms with Gasteiger partial charge in [0.25, 0.3) is 11.8 Å². The zero-order valence-electron chi connectivity index (χ0n) is 14.1. The number of benzene rings is 1. The highest BCUT2D eigenvalue weighted by Crippen LogP contribution is 2.23. The van der Waals surface area contributed by atoms with E-state index in [1.54, 1.807) is 12.1 Å². The van der Waals surface area contributed by atoms with Crippen molar-refractivity contribution in [2.75, 3.05) is 5.32 Å². The molecule has 0 bridgehead atoms. The van der Waals surface area contributed by atoms with Gasteiger partial charge in [-0.3, -0.25) is 0 Å². The lowest BCUT2D eigenvalue weighted by molar-refractivity contribution is 0.116. The molecule has 1 aromatic carbocycles. The van der Waals surface area contributed by atoms with Crippen LogP contribution in [0.3, 0.4) is 0 Å². The third-order valence-electron chi connectivity index (χ3n) is 3.54.